The molecule has 13 nitrogen and oxygen atoms in total. The van der Waals surface area contributed by atoms with Crippen LogP contribution in [0.25, 0.3) is 0 Å². The normalized spacial score (nSPS) is 18.0. The predicted octanol–water partition coefficient (Wildman–Crippen LogP) is 3.92. The van der Waals surface area contributed by atoms with Gasteiger partial charge in [0, 0.05) is 50.8 Å². The summed E-state index contributed by atoms with van der Waals surface area (Å²) >= 11 is 3.17. The van der Waals surface area contributed by atoms with Gasteiger partial charge in [-0.3, -0.25) is 9.80 Å². The molecule has 1 atom stereocenters. The molecule has 1 aliphatic rings. The lowest BCUT2D eigenvalue weighted by atomic mass is 10.2. The van der Waals surface area contributed by atoms with Crippen LogP contribution in [-0.2, 0) is 41.5 Å². The summed E-state index contributed by atoms with van der Waals surface area (Å²) in [5, 5.41) is 10.9. The van der Waals surface area contributed by atoms with Crippen LogP contribution in [0, 0.1) is 10.7 Å². The highest BCUT2D eigenvalue weighted by atomic mass is 32.2. The molecular formula is C35H51N5O8S2. The number of aromatic nitrogens is 2. The lowest BCUT2D eigenvalue weighted by Crippen LogP contribution is -2.35. The number of carbonyl (C=O) groups excluding carboxylic acids is 2. The molecular weight excluding hydrogens is 683 g/mol. The average molecular weight is 734 g/mol. The Balaban J connectivity index is 1.61. The van der Waals surface area contributed by atoms with Crippen LogP contribution in [0.2, 0.25) is 0 Å². The Kier molecular flexibility index (Phi) is 21.7. The first-order valence-electron chi connectivity index (χ1n) is 17.0. The van der Waals surface area contributed by atoms with Crippen LogP contribution in [0.5, 0.6) is 0 Å². The molecule has 0 saturated carbocycles. The summed E-state index contributed by atoms with van der Waals surface area (Å²) in [7, 11) is 2.69. The van der Waals surface area contributed by atoms with Gasteiger partial charge in [-0.15, -0.1) is 0 Å². The minimum Gasteiger partial charge on any atom is -0.464 e. The van der Waals surface area contributed by atoms with E-state index in [4.69, 9.17) is 33.7 Å². The molecule has 0 spiro atoms. The number of thioether (sulfide) groups is 2. The fourth-order valence-corrected chi connectivity index (χ4v) is 6.47. The van der Waals surface area contributed by atoms with Crippen LogP contribution < -0.4 is 0 Å². The van der Waals surface area contributed by atoms with Gasteiger partial charge in [0.1, 0.15) is 16.8 Å². The smallest absolute Gasteiger partial charge is 0.356 e. The second kappa shape index (κ2) is 26.0. The largest absolute Gasteiger partial charge is 0.464 e. The number of nitrogens with zero attached hydrogens (tertiary/aromatic N) is 5. The van der Waals surface area contributed by atoms with Crippen molar-refractivity contribution < 1.29 is 38.0 Å². The minimum absolute atomic E-state index is 0.0953. The molecule has 2 aromatic heterocycles. The van der Waals surface area contributed by atoms with Crippen molar-refractivity contribution in [2.24, 2.45) is 0 Å². The average Bonchev–Trinajstić information content (AvgIpc) is 3.14. The van der Waals surface area contributed by atoms with E-state index in [2.05, 4.69) is 25.2 Å². The molecule has 15 heteroatoms. The number of methoxy groups -OCH3 is 2. The van der Waals surface area contributed by atoms with Crippen molar-refractivity contribution >= 4 is 35.5 Å². The highest BCUT2D eigenvalue weighted by Crippen LogP contribution is 2.13. The molecule has 3 heterocycles. The van der Waals surface area contributed by atoms with Gasteiger partial charge in [0.2, 0.25) is 0 Å². The Hall–Kier alpha value is -2.81. The summed E-state index contributed by atoms with van der Waals surface area (Å²) in [6, 6.07) is 10.7. The number of ether oxygens (including phenoxy) is 6. The number of hydrogen-bond acceptors (Lipinski definition) is 15. The van der Waals surface area contributed by atoms with Crippen LogP contribution >= 0.6 is 23.5 Å². The number of thiocyanates is 1. The number of hydrogen-bond donors (Lipinski definition) is 0. The maximum absolute atomic E-state index is 12.0. The second-order valence-electron chi connectivity index (χ2n) is 11.4. The Morgan fingerprint density at radius 1 is 0.780 bits per heavy atom. The zero-order valence-corrected chi connectivity index (χ0v) is 30.9. The van der Waals surface area contributed by atoms with E-state index in [1.165, 1.54) is 26.0 Å². The van der Waals surface area contributed by atoms with Gasteiger partial charge in [-0.1, -0.05) is 18.6 Å². The van der Waals surface area contributed by atoms with Crippen LogP contribution in [0.15, 0.2) is 36.4 Å². The molecule has 50 heavy (non-hydrogen) atoms. The summed E-state index contributed by atoms with van der Waals surface area (Å²) in [6.07, 6.45) is 3.14. The summed E-state index contributed by atoms with van der Waals surface area (Å²) in [4.78, 5) is 37.4. The van der Waals surface area contributed by atoms with E-state index in [-0.39, 0.29) is 17.5 Å². The first kappa shape index (κ1) is 41.6. The van der Waals surface area contributed by atoms with Crippen LogP contribution in [-0.4, -0.2) is 142 Å². The molecule has 276 valence electrons. The predicted molar refractivity (Wildman–Crippen MR) is 193 cm³/mol. The molecule has 3 rings (SSSR count). The molecule has 0 radical (unpaired) electrons. The molecule has 1 saturated heterocycles. The number of rotatable bonds is 14. The fourth-order valence-electron chi connectivity index (χ4n) is 5.00. The van der Waals surface area contributed by atoms with Gasteiger partial charge in [-0.2, -0.15) is 17.0 Å². The van der Waals surface area contributed by atoms with Crippen molar-refractivity contribution in [1.82, 2.24) is 19.8 Å². The van der Waals surface area contributed by atoms with Gasteiger partial charge < -0.3 is 28.4 Å². The van der Waals surface area contributed by atoms with Crippen molar-refractivity contribution in [3.05, 3.63) is 59.2 Å². The van der Waals surface area contributed by atoms with Gasteiger partial charge >= 0.3 is 11.9 Å². The molecule has 1 aliphatic heterocycles. The molecule has 0 N–H and O–H groups in total. The molecule has 0 unspecified atom stereocenters. The molecule has 0 aliphatic carbocycles. The third kappa shape index (κ3) is 17.4. The first-order chi connectivity index (χ1) is 24.5. The van der Waals surface area contributed by atoms with Gasteiger partial charge in [-0.05, 0) is 54.6 Å². The van der Waals surface area contributed by atoms with Crippen LogP contribution in [0.4, 0.5) is 0 Å². The van der Waals surface area contributed by atoms with Gasteiger partial charge in [-0.25, -0.2) is 19.6 Å². The standard InChI is InChI=1S/C35H51N5O8S2/c1-43-34(41)32-10-6-8-29(37-32)24-39-12-16-45-20-21-46-17-13-40(25-30-9-7-11-33(38-30)35(42)44-2)15-19-48-31(26-47-18-14-39)27-49-22-4-3-5-23-50-28-36/h6-11,31H,3-5,12-27H2,1-2H3/t31-/m0/s1. The zero-order valence-electron chi connectivity index (χ0n) is 29.3. The summed E-state index contributed by atoms with van der Waals surface area (Å²) < 4.78 is 34.1. The topological polar surface area (TPSA) is 146 Å². The van der Waals surface area contributed by atoms with Crippen LogP contribution in [0.3, 0.4) is 0 Å². The lowest BCUT2D eigenvalue weighted by Gasteiger charge is -2.25. The summed E-state index contributed by atoms with van der Waals surface area (Å²) in [5.74, 6) is 1.77. The summed E-state index contributed by atoms with van der Waals surface area (Å²) in [6.45, 7) is 7.04. The number of esters is 2. The minimum atomic E-state index is -0.466. The van der Waals surface area contributed by atoms with Crippen molar-refractivity contribution in [3.63, 3.8) is 0 Å². The quantitative estimate of drug-likeness (QED) is 0.157. The van der Waals surface area contributed by atoms with E-state index in [1.807, 2.05) is 36.0 Å². The Morgan fingerprint density at radius 3 is 1.88 bits per heavy atom. The zero-order chi connectivity index (χ0) is 35.7. The first-order valence-corrected chi connectivity index (χ1v) is 19.1. The molecule has 2 aromatic rings. The molecule has 0 amide bonds. The Morgan fingerprint density at radius 2 is 1.32 bits per heavy atom. The number of unbranched alkanes of at least 4 members (excludes halogenated alkanes) is 2. The van der Waals surface area contributed by atoms with E-state index < -0.39 is 11.9 Å². The monoisotopic (exact) mass is 733 g/mol. The number of carbonyl (C=O) groups is 2. The Bertz CT molecular complexity index is 1300. The maximum Gasteiger partial charge on any atom is 0.356 e. The van der Waals surface area contributed by atoms with Gasteiger partial charge in [0.15, 0.2) is 0 Å². The highest BCUT2D eigenvalue weighted by molar-refractivity contribution is 8.03. The van der Waals surface area contributed by atoms with E-state index in [1.54, 1.807) is 12.1 Å². The molecule has 0 aromatic carbocycles. The van der Waals surface area contributed by atoms with Crippen molar-refractivity contribution in [2.45, 2.75) is 38.5 Å². The van der Waals surface area contributed by atoms with Crippen molar-refractivity contribution in [1.29, 1.82) is 5.26 Å². The van der Waals surface area contributed by atoms with Crippen molar-refractivity contribution in [2.75, 3.05) is 104 Å². The van der Waals surface area contributed by atoms with Gasteiger partial charge in [0.05, 0.1) is 78.0 Å². The summed E-state index contributed by atoms with van der Waals surface area (Å²) in [5.41, 5.74) is 2.08. The number of pyridine rings is 2. The van der Waals surface area contributed by atoms with E-state index in [0.717, 1.165) is 47.9 Å². The SMILES string of the molecule is COC(=O)c1cccc(CN2CCOCCOCCN(Cc3cccc(C(=O)OC)n3)CCO[C@H](CSCCCCCSC#N)COCC2)n1. The highest BCUT2D eigenvalue weighted by Gasteiger charge is 2.16. The van der Waals surface area contributed by atoms with Crippen molar-refractivity contribution in [3.8, 4) is 5.40 Å². The lowest BCUT2D eigenvalue weighted by molar-refractivity contribution is -0.0238. The third-order valence-electron chi connectivity index (χ3n) is 7.67. The van der Waals surface area contributed by atoms with E-state index in [0.29, 0.717) is 85.5 Å². The molecule has 1 fully saturated rings. The van der Waals surface area contributed by atoms with Gasteiger partial charge in [0.25, 0.3) is 0 Å². The Labute approximate surface area is 304 Å². The molecule has 0 bridgehead atoms. The van der Waals surface area contributed by atoms with E-state index in [9.17, 15) is 9.59 Å². The van der Waals surface area contributed by atoms with E-state index >= 15 is 0 Å². The second-order valence-corrected chi connectivity index (χ2v) is 13.5. The third-order valence-corrected chi connectivity index (χ3v) is 9.48. The van der Waals surface area contributed by atoms with Crippen LogP contribution in [0.1, 0.15) is 51.6 Å². The fraction of sp³-hybridized carbons (Fsp3) is 0.629. The number of nitriles is 1. The maximum atomic E-state index is 12.0.